The number of carbonyl (C=O) groups is 2. The molecule has 1 aliphatic rings. The number of nitrogens with one attached hydrogen (secondary N) is 1. The van der Waals surface area contributed by atoms with E-state index in [-0.39, 0.29) is 11.7 Å². The molecule has 1 N–H and O–H groups in total. The summed E-state index contributed by atoms with van der Waals surface area (Å²) in [5.41, 5.74) is 3.80. The Morgan fingerprint density at radius 1 is 1.21 bits per heavy atom. The smallest absolute Gasteiger partial charge is 0.268 e. The highest BCUT2D eigenvalue weighted by atomic mass is 16.5. The van der Waals surface area contributed by atoms with Gasteiger partial charge in [0.25, 0.3) is 5.91 Å². The lowest BCUT2D eigenvalue weighted by atomic mass is 10.1. The quantitative estimate of drug-likeness (QED) is 0.655. The van der Waals surface area contributed by atoms with Gasteiger partial charge in [-0.15, -0.1) is 0 Å². The van der Waals surface area contributed by atoms with Crippen LogP contribution in [0.1, 0.15) is 45.3 Å². The van der Waals surface area contributed by atoms with Crippen molar-refractivity contribution < 1.29 is 14.3 Å². The van der Waals surface area contributed by atoms with Crippen LogP contribution >= 0.6 is 0 Å². The molecule has 0 atom stereocenters. The number of Topliss-reactive ketones (excluding diaryl/α,β-unsaturated/α-hetero) is 1. The van der Waals surface area contributed by atoms with Crippen LogP contribution in [-0.4, -0.2) is 29.4 Å². The first-order valence-electron chi connectivity index (χ1n) is 8.24. The second-order valence-corrected chi connectivity index (χ2v) is 6.17. The van der Waals surface area contributed by atoms with Gasteiger partial charge >= 0.3 is 0 Å². The molecule has 0 radical (unpaired) electrons. The van der Waals surface area contributed by atoms with Gasteiger partial charge < -0.3 is 14.6 Å². The summed E-state index contributed by atoms with van der Waals surface area (Å²) < 4.78 is 7.38. The summed E-state index contributed by atoms with van der Waals surface area (Å²) in [5.74, 6) is 0.592. The first kappa shape index (κ1) is 16.3. The van der Waals surface area contributed by atoms with E-state index in [0.29, 0.717) is 24.4 Å². The predicted molar refractivity (Wildman–Crippen MR) is 91.7 cm³/mol. The molecule has 0 spiro atoms. The molecule has 126 valence electrons. The van der Waals surface area contributed by atoms with Gasteiger partial charge in [0.2, 0.25) is 0 Å². The summed E-state index contributed by atoms with van der Waals surface area (Å²) in [5, 5.41) is 2.82. The van der Waals surface area contributed by atoms with Gasteiger partial charge in [-0.3, -0.25) is 9.59 Å². The average molecular weight is 326 g/mol. The number of benzene rings is 1. The van der Waals surface area contributed by atoms with Crippen molar-refractivity contribution in [2.45, 2.75) is 26.2 Å². The van der Waals surface area contributed by atoms with Crippen molar-refractivity contribution in [3.8, 4) is 5.75 Å². The van der Waals surface area contributed by atoms with Crippen molar-refractivity contribution in [3.63, 3.8) is 0 Å². The van der Waals surface area contributed by atoms with Gasteiger partial charge in [0.05, 0.1) is 6.54 Å². The van der Waals surface area contributed by atoms with Gasteiger partial charge in [-0.25, -0.2) is 0 Å². The van der Waals surface area contributed by atoms with Crippen molar-refractivity contribution in [2.24, 2.45) is 7.05 Å². The summed E-state index contributed by atoms with van der Waals surface area (Å²) in [7, 11) is 1.75. The van der Waals surface area contributed by atoms with Gasteiger partial charge in [-0.2, -0.15) is 0 Å². The van der Waals surface area contributed by atoms with E-state index in [4.69, 9.17) is 4.74 Å². The third-order valence-corrected chi connectivity index (χ3v) is 4.37. The number of carbonyl (C=O) groups excluding carboxylic acids is 2. The maximum Gasteiger partial charge on any atom is 0.268 e. The molecule has 0 unspecified atom stereocenters. The van der Waals surface area contributed by atoms with E-state index in [0.717, 1.165) is 18.6 Å². The number of fused-ring (bicyclic) bond motifs is 1. The maximum absolute atomic E-state index is 12.2. The Kier molecular flexibility index (Phi) is 4.69. The molecule has 1 heterocycles. The number of nitrogens with zero attached hydrogens (tertiary/aromatic N) is 1. The highest BCUT2D eigenvalue weighted by Crippen LogP contribution is 2.25. The summed E-state index contributed by atoms with van der Waals surface area (Å²) in [6, 6.07) is 7.82. The minimum atomic E-state index is -0.206. The Morgan fingerprint density at radius 2 is 2.00 bits per heavy atom. The number of amides is 1. The van der Waals surface area contributed by atoms with Crippen molar-refractivity contribution in [1.29, 1.82) is 0 Å². The zero-order valence-electron chi connectivity index (χ0n) is 14.1. The van der Waals surface area contributed by atoms with Crippen LogP contribution < -0.4 is 10.1 Å². The van der Waals surface area contributed by atoms with Gasteiger partial charge in [0, 0.05) is 18.8 Å². The molecular weight excluding hydrogens is 304 g/mol. The van der Waals surface area contributed by atoms with E-state index in [1.807, 2.05) is 6.07 Å². The monoisotopic (exact) mass is 326 g/mol. The second kappa shape index (κ2) is 6.91. The van der Waals surface area contributed by atoms with E-state index in [9.17, 15) is 9.59 Å². The fourth-order valence-corrected chi connectivity index (χ4v) is 3.04. The first-order valence-corrected chi connectivity index (χ1v) is 8.24. The number of rotatable bonds is 6. The lowest BCUT2D eigenvalue weighted by molar-refractivity contribution is 0.0938. The standard InChI is InChI=1S/C19H22N2O3/c1-13(22)16-11-18(21(2)12-16)19(23)20-8-9-24-17-7-6-14-4-3-5-15(14)10-17/h6-7,10-12H,3-5,8-9H2,1-2H3,(H,20,23). The minimum Gasteiger partial charge on any atom is -0.492 e. The molecular formula is C19H22N2O3. The van der Waals surface area contributed by atoms with Crippen LogP contribution in [0.25, 0.3) is 0 Å². The molecule has 0 saturated carbocycles. The number of ether oxygens (including phenoxy) is 1. The van der Waals surface area contributed by atoms with Gasteiger partial charge in [0.1, 0.15) is 18.1 Å². The minimum absolute atomic E-state index is 0.0513. The molecule has 24 heavy (non-hydrogen) atoms. The van der Waals surface area contributed by atoms with Crippen LogP contribution in [0, 0.1) is 0 Å². The first-order chi connectivity index (χ1) is 11.5. The Labute approximate surface area is 141 Å². The zero-order chi connectivity index (χ0) is 17.1. The zero-order valence-corrected chi connectivity index (χ0v) is 14.1. The van der Waals surface area contributed by atoms with Crippen LogP contribution in [0.2, 0.25) is 0 Å². The van der Waals surface area contributed by atoms with Crippen LogP contribution in [0.5, 0.6) is 5.75 Å². The maximum atomic E-state index is 12.2. The molecule has 0 bridgehead atoms. The molecule has 1 aromatic carbocycles. The van der Waals surface area contributed by atoms with Crippen molar-refractivity contribution >= 4 is 11.7 Å². The van der Waals surface area contributed by atoms with E-state index in [2.05, 4.69) is 17.4 Å². The number of hydrogen-bond acceptors (Lipinski definition) is 3. The SMILES string of the molecule is CC(=O)c1cc(C(=O)NCCOc2ccc3c(c2)CCC3)n(C)c1. The average Bonchev–Trinajstić information content (AvgIpc) is 3.17. The van der Waals surface area contributed by atoms with Gasteiger partial charge in [0.15, 0.2) is 5.78 Å². The third-order valence-electron chi connectivity index (χ3n) is 4.37. The van der Waals surface area contributed by atoms with Crippen LogP contribution in [0.4, 0.5) is 0 Å². The molecule has 5 heteroatoms. The third kappa shape index (κ3) is 3.50. The Bertz CT molecular complexity index is 777. The fourth-order valence-electron chi connectivity index (χ4n) is 3.04. The summed E-state index contributed by atoms with van der Waals surface area (Å²) in [6.45, 7) is 2.31. The van der Waals surface area contributed by atoms with Crippen molar-refractivity contribution in [2.75, 3.05) is 13.2 Å². The molecule has 3 rings (SSSR count). The van der Waals surface area contributed by atoms with E-state index in [1.54, 1.807) is 23.9 Å². The highest BCUT2D eigenvalue weighted by molar-refractivity contribution is 5.99. The Hall–Kier alpha value is -2.56. The second-order valence-electron chi connectivity index (χ2n) is 6.17. The Morgan fingerprint density at radius 3 is 2.75 bits per heavy atom. The molecule has 0 fully saturated rings. The molecule has 0 saturated heterocycles. The predicted octanol–water partition coefficient (Wildman–Crippen LogP) is 2.53. The number of aryl methyl sites for hydroxylation is 3. The highest BCUT2D eigenvalue weighted by Gasteiger charge is 2.14. The number of hydrogen-bond donors (Lipinski definition) is 1. The number of ketones is 1. The van der Waals surface area contributed by atoms with E-state index in [1.165, 1.54) is 24.5 Å². The molecule has 1 aromatic heterocycles. The van der Waals surface area contributed by atoms with Crippen molar-refractivity contribution in [3.05, 3.63) is 52.8 Å². The summed E-state index contributed by atoms with van der Waals surface area (Å²) >= 11 is 0. The summed E-state index contributed by atoms with van der Waals surface area (Å²) in [4.78, 5) is 23.5. The van der Waals surface area contributed by atoms with Crippen molar-refractivity contribution in [1.82, 2.24) is 9.88 Å². The van der Waals surface area contributed by atoms with E-state index >= 15 is 0 Å². The van der Waals surface area contributed by atoms with Crippen LogP contribution in [0.3, 0.4) is 0 Å². The van der Waals surface area contributed by atoms with E-state index < -0.39 is 0 Å². The van der Waals surface area contributed by atoms with Gasteiger partial charge in [-0.05, 0) is 55.5 Å². The fraction of sp³-hybridized carbons (Fsp3) is 0.368. The molecule has 0 aliphatic heterocycles. The van der Waals surface area contributed by atoms with Gasteiger partial charge in [-0.1, -0.05) is 6.07 Å². The lowest BCUT2D eigenvalue weighted by Gasteiger charge is -2.09. The largest absolute Gasteiger partial charge is 0.492 e. The topological polar surface area (TPSA) is 60.3 Å². The summed E-state index contributed by atoms with van der Waals surface area (Å²) in [6.07, 6.45) is 5.16. The van der Waals surface area contributed by atoms with Crippen LogP contribution in [0.15, 0.2) is 30.5 Å². The van der Waals surface area contributed by atoms with Crippen LogP contribution in [-0.2, 0) is 19.9 Å². The lowest BCUT2D eigenvalue weighted by Crippen LogP contribution is -2.29. The molecule has 2 aromatic rings. The Balaban J connectivity index is 1.49. The normalized spacial score (nSPS) is 12.8. The molecule has 5 nitrogen and oxygen atoms in total. The number of aromatic nitrogens is 1. The molecule has 1 aliphatic carbocycles. The molecule has 1 amide bonds.